The number of hydrogen-bond donors (Lipinski definition) is 1. The molecule has 0 radical (unpaired) electrons. The number of ether oxygens (including phenoxy) is 2. The minimum Gasteiger partial charge on any atom is -0.493 e. The van der Waals surface area contributed by atoms with Gasteiger partial charge in [-0.05, 0) is 93.8 Å². The van der Waals surface area contributed by atoms with E-state index in [1.165, 1.54) is 0 Å². The maximum absolute atomic E-state index is 13.0. The summed E-state index contributed by atoms with van der Waals surface area (Å²) in [6, 6.07) is 10.7. The third kappa shape index (κ3) is 6.14. The van der Waals surface area contributed by atoms with Gasteiger partial charge in [0.25, 0.3) is 5.91 Å². The lowest BCUT2D eigenvalue weighted by Gasteiger charge is -2.32. The molecule has 1 saturated heterocycles. The van der Waals surface area contributed by atoms with Crippen molar-refractivity contribution >= 4 is 34.9 Å². The Morgan fingerprint density at radius 1 is 1.08 bits per heavy atom. The molecule has 0 aromatic heterocycles. The summed E-state index contributed by atoms with van der Waals surface area (Å²) in [5.41, 5.74) is 2.15. The number of piperidine rings is 1. The predicted octanol–water partition coefficient (Wildman–Crippen LogP) is 6.31. The topological polar surface area (TPSA) is 67.9 Å². The van der Waals surface area contributed by atoms with Crippen molar-refractivity contribution in [3.05, 3.63) is 68.9 Å². The summed E-state index contributed by atoms with van der Waals surface area (Å²) >= 11 is 12.0. The molecule has 2 aliphatic heterocycles. The zero-order valence-electron chi connectivity index (χ0n) is 21.0. The summed E-state index contributed by atoms with van der Waals surface area (Å²) in [6.07, 6.45) is 6.01. The fraction of sp³-hybridized carbons (Fsp3) is 0.448. The maximum Gasteiger partial charge on any atom is 0.251 e. The van der Waals surface area contributed by atoms with Gasteiger partial charge in [-0.25, -0.2) is 0 Å². The van der Waals surface area contributed by atoms with Crippen LogP contribution in [0.3, 0.4) is 0 Å². The van der Waals surface area contributed by atoms with Gasteiger partial charge < -0.3 is 19.7 Å². The van der Waals surface area contributed by atoms with Gasteiger partial charge in [0.15, 0.2) is 5.76 Å². The van der Waals surface area contributed by atoms with Crippen LogP contribution in [0.2, 0.25) is 10.0 Å². The van der Waals surface area contributed by atoms with Gasteiger partial charge >= 0.3 is 0 Å². The van der Waals surface area contributed by atoms with Gasteiger partial charge in [-0.2, -0.15) is 0 Å². The van der Waals surface area contributed by atoms with Gasteiger partial charge in [0, 0.05) is 24.7 Å². The SMILES string of the molecule is CC(=C1Oc2cccc(OCCCCN3CCC(NC(=O)c4ccc(Cl)c(Cl)c4)CC3)c2C1=O)C1CC1. The molecular weight excluding hydrogens is 511 g/mol. The monoisotopic (exact) mass is 542 g/mol. The number of fused-ring (bicyclic) bond motifs is 1. The Kier molecular flexibility index (Phi) is 8.08. The third-order valence-corrected chi connectivity index (χ3v) is 8.15. The molecule has 0 atom stereocenters. The van der Waals surface area contributed by atoms with Gasteiger partial charge in [0.2, 0.25) is 5.78 Å². The highest BCUT2D eigenvalue weighted by atomic mass is 35.5. The largest absolute Gasteiger partial charge is 0.493 e. The quantitative estimate of drug-likeness (QED) is 0.297. The number of carbonyl (C=O) groups is 2. The molecule has 0 spiro atoms. The van der Waals surface area contributed by atoms with Crippen molar-refractivity contribution in [1.29, 1.82) is 0 Å². The van der Waals surface area contributed by atoms with Gasteiger partial charge in [-0.3, -0.25) is 9.59 Å². The first kappa shape index (κ1) is 26.1. The summed E-state index contributed by atoms with van der Waals surface area (Å²) in [6.45, 7) is 5.44. The molecule has 2 aromatic rings. The fourth-order valence-electron chi connectivity index (χ4n) is 5.00. The van der Waals surface area contributed by atoms with E-state index in [-0.39, 0.29) is 17.7 Å². The molecule has 196 valence electrons. The Morgan fingerprint density at radius 3 is 2.59 bits per heavy atom. The van der Waals surface area contributed by atoms with Crippen LogP contribution in [0.4, 0.5) is 0 Å². The highest BCUT2D eigenvalue weighted by Crippen LogP contribution is 2.43. The summed E-state index contributed by atoms with van der Waals surface area (Å²) in [5, 5.41) is 3.94. The fourth-order valence-corrected chi connectivity index (χ4v) is 5.30. The number of rotatable bonds is 9. The van der Waals surface area contributed by atoms with E-state index in [1.54, 1.807) is 18.2 Å². The number of nitrogens with zero attached hydrogens (tertiary/aromatic N) is 1. The molecule has 0 bridgehead atoms. The van der Waals surface area contributed by atoms with E-state index >= 15 is 0 Å². The maximum atomic E-state index is 13.0. The second-order valence-corrected chi connectivity index (χ2v) is 10.9. The molecule has 5 rings (SSSR count). The molecule has 1 aliphatic carbocycles. The second-order valence-electron chi connectivity index (χ2n) is 10.1. The van der Waals surface area contributed by atoms with Crippen LogP contribution in [0.15, 0.2) is 47.7 Å². The van der Waals surface area contributed by atoms with E-state index in [0.29, 0.717) is 51.0 Å². The number of Topliss-reactive ketones (excluding diaryl/α,β-unsaturated/α-hetero) is 1. The van der Waals surface area contributed by atoms with Crippen molar-refractivity contribution < 1.29 is 19.1 Å². The summed E-state index contributed by atoms with van der Waals surface area (Å²) in [7, 11) is 0. The first-order valence-corrected chi connectivity index (χ1v) is 13.8. The minimum atomic E-state index is -0.115. The van der Waals surface area contributed by atoms with Crippen LogP contribution >= 0.6 is 23.2 Å². The Morgan fingerprint density at radius 2 is 1.86 bits per heavy atom. The molecule has 1 saturated carbocycles. The lowest BCUT2D eigenvalue weighted by Crippen LogP contribution is -2.44. The van der Waals surface area contributed by atoms with Crippen molar-refractivity contribution in [3.8, 4) is 11.5 Å². The predicted molar refractivity (Wildman–Crippen MR) is 145 cm³/mol. The molecular formula is C29H32Cl2N2O4. The number of likely N-dealkylation sites (tertiary alicyclic amines) is 1. The van der Waals surface area contributed by atoms with E-state index in [9.17, 15) is 9.59 Å². The van der Waals surface area contributed by atoms with E-state index < -0.39 is 0 Å². The van der Waals surface area contributed by atoms with E-state index in [1.807, 2.05) is 25.1 Å². The summed E-state index contributed by atoms with van der Waals surface area (Å²) < 4.78 is 11.9. The Balaban J connectivity index is 1.02. The zero-order chi connectivity index (χ0) is 25.9. The minimum absolute atomic E-state index is 0.0517. The van der Waals surface area contributed by atoms with Crippen LogP contribution in [0.25, 0.3) is 0 Å². The lowest BCUT2D eigenvalue weighted by atomic mass is 10.0. The molecule has 2 fully saturated rings. The molecule has 37 heavy (non-hydrogen) atoms. The van der Waals surface area contributed by atoms with Crippen LogP contribution in [0.1, 0.15) is 66.2 Å². The van der Waals surface area contributed by atoms with Crippen LogP contribution in [-0.2, 0) is 0 Å². The number of ketones is 1. The first-order valence-electron chi connectivity index (χ1n) is 13.1. The van der Waals surface area contributed by atoms with Crippen molar-refractivity contribution in [3.63, 3.8) is 0 Å². The zero-order valence-corrected chi connectivity index (χ0v) is 22.5. The molecule has 1 amide bonds. The Hall–Kier alpha value is -2.54. The molecule has 1 N–H and O–H groups in total. The number of nitrogens with one attached hydrogen (secondary N) is 1. The van der Waals surface area contributed by atoms with Crippen LogP contribution < -0.4 is 14.8 Å². The highest BCUT2D eigenvalue weighted by molar-refractivity contribution is 6.42. The average molecular weight is 543 g/mol. The van der Waals surface area contributed by atoms with Crippen molar-refractivity contribution in [2.24, 2.45) is 5.92 Å². The third-order valence-electron chi connectivity index (χ3n) is 7.41. The van der Waals surface area contributed by atoms with Gasteiger partial charge in [0.05, 0.1) is 16.7 Å². The van der Waals surface area contributed by atoms with Crippen LogP contribution in [0, 0.1) is 5.92 Å². The molecule has 0 unspecified atom stereocenters. The molecule has 2 aromatic carbocycles. The van der Waals surface area contributed by atoms with Gasteiger partial charge in [-0.1, -0.05) is 29.3 Å². The van der Waals surface area contributed by atoms with Crippen molar-refractivity contribution in [1.82, 2.24) is 10.2 Å². The first-order chi connectivity index (χ1) is 17.9. The number of hydrogen-bond acceptors (Lipinski definition) is 5. The average Bonchev–Trinajstić information content (AvgIpc) is 3.69. The number of unbranched alkanes of at least 4 members (excludes halogenated alkanes) is 1. The highest BCUT2D eigenvalue weighted by Gasteiger charge is 2.36. The smallest absolute Gasteiger partial charge is 0.251 e. The molecule has 6 nitrogen and oxygen atoms in total. The Labute approximate surface area is 227 Å². The van der Waals surface area contributed by atoms with E-state index in [2.05, 4.69) is 10.2 Å². The second kappa shape index (κ2) is 11.5. The molecule has 2 heterocycles. The standard InChI is InChI=1S/C29H32Cl2N2O4/c1-18(19-7-8-19)28-27(34)26-24(5-4-6-25(26)37-28)36-16-3-2-13-33-14-11-21(12-15-33)32-29(35)20-9-10-22(30)23(31)17-20/h4-6,9-10,17,19,21H,2-3,7-8,11-16H2,1H3,(H,32,35). The number of amides is 1. The summed E-state index contributed by atoms with van der Waals surface area (Å²) in [5.74, 6) is 2.03. The molecule has 8 heteroatoms. The van der Waals surface area contributed by atoms with Gasteiger partial charge in [-0.15, -0.1) is 0 Å². The van der Waals surface area contributed by atoms with Crippen LogP contribution in [0.5, 0.6) is 11.5 Å². The van der Waals surface area contributed by atoms with Gasteiger partial charge in [0.1, 0.15) is 17.1 Å². The normalized spacial score (nSPS) is 19.4. The number of benzene rings is 2. The number of halogens is 2. The van der Waals surface area contributed by atoms with Crippen molar-refractivity contribution in [2.45, 2.75) is 51.5 Å². The summed E-state index contributed by atoms with van der Waals surface area (Å²) in [4.78, 5) is 27.9. The molecule has 3 aliphatic rings. The lowest BCUT2D eigenvalue weighted by molar-refractivity contribution is 0.0909. The van der Waals surface area contributed by atoms with Crippen LogP contribution in [-0.4, -0.2) is 48.9 Å². The number of carbonyl (C=O) groups excluding carboxylic acids is 2. The van der Waals surface area contributed by atoms with Crippen molar-refractivity contribution in [2.75, 3.05) is 26.2 Å². The van der Waals surface area contributed by atoms with E-state index in [4.69, 9.17) is 32.7 Å². The van der Waals surface area contributed by atoms with E-state index in [0.717, 1.165) is 63.7 Å². The number of allylic oxidation sites excluding steroid dienone is 2. The Bertz CT molecular complexity index is 1220.